The van der Waals surface area contributed by atoms with Gasteiger partial charge in [-0.3, -0.25) is 0 Å². The van der Waals surface area contributed by atoms with Gasteiger partial charge in [-0.2, -0.15) is 0 Å². The highest BCUT2D eigenvalue weighted by Gasteiger charge is 2.13. The molecular formula is C15H19NO. The van der Waals surface area contributed by atoms with E-state index in [1.54, 1.807) is 0 Å². The minimum absolute atomic E-state index is 0.265. The van der Waals surface area contributed by atoms with Gasteiger partial charge in [0.15, 0.2) is 0 Å². The van der Waals surface area contributed by atoms with Crippen molar-refractivity contribution >= 4 is 11.0 Å². The summed E-state index contributed by atoms with van der Waals surface area (Å²) in [6.07, 6.45) is 3.94. The number of aryl methyl sites for hydroxylation is 1. The van der Waals surface area contributed by atoms with E-state index in [0.717, 1.165) is 24.2 Å². The number of nitrogens with one attached hydrogen (secondary N) is 1. The van der Waals surface area contributed by atoms with Crippen molar-refractivity contribution in [1.29, 1.82) is 0 Å². The Morgan fingerprint density at radius 2 is 2.24 bits per heavy atom. The molecule has 2 heteroatoms. The first kappa shape index (κ1) is 11.9. The van der Waals surface area contributed by atoms with Gasteiger partial charge in [-0.15, -0.1) is 6.58 Å². The van der Waals surface area contributed by atoms with Crippen molar-refractivity contribution in [1.82, 2.24) is 5.32 Å². The second-order valence-electron chi connectivity index (χ2n) is 4.40. The summed E-state index contributed by atoms with van der Waals surface area (Å²) in [5.74, 6) is 1.01. The van der Waals surface area contributed by atoms with E-state index < -0.39 is 0 Å². The summed E-state index contributed by atoms with van der Waals surface area (Å²) in [7, 11) is 1.96. The van der Waals surface area contributed by atoms with E-state index in [2.05, 4.69) is 37.0 Å². The summed E-state index contributed by atoms with van der Waals surface area (Å²) >= 11 is 0. The monoisotopic (exact) mass is 229 g/mol. The predicted octanol–water partition coefficient (Wildman–Crippen LogP) is 3.97. The molecule has 1 unspecified atom stereocenters. The van der Waals surface area contributed by atoms with Gasteiger partial charge >= 0.3 is 0 Å². The van der Waals surface area contributed by atoms with Crippen LogP contribution in [0, 0.1) is 6.92 Å². The van der Waals surface area contributed by atoms with Gasteiger partial charge in [-0.1, -0.05) is 17.7 Å². The Bertz CT molecular complexity index is 513. The van der Waals surface area contributed by atoms with Crippen LogP contribution >= 0.6 is 0 Å². The number of rotatable bonds is 5. The van der Waals surface area contributed by atoms with Crippen molar-refractivity contribution in [2.24, 2.45) is 0 Å². The highest BCUT2D eigenvalue weighted by molar-refractivity contribution is 5.78. The molecule has 0 amide bonds. The van der Waals surface area contributed by atoms with Crippen LogP contribution in [0.3, 0.4) is 0 Å². The summed E-state index contributed by atoms with van der Waals surface area (Å²) in [5, 5.41) is 4.47. The molecule has 0 radical (unpaired) electrons. The van der Waals surface area contributed by atoms with Crippen molar-refractivity contribution in [3.05, 3.63) is 48.2 Å². The molecule has 1 aromatic carbocycles. The first-order valence-corrected chi connectivity index (χ1v) is 6.03. The largest absolute Gasteiger partial charge is 0.459 e. The maximum Gasteiger partial charge on any atom is 0.134 e. The van der Waals surface area contributed by atoms with Crippen molar-refractivity contribution in [2.75, 3.05) is 7.05 Å². The molecule has 1 atom stereocenters. The third-order valence-electron chi connectivity index (χ3n) is 3.04. The van der Waals surface area contributed by atoms with E-state index in [1.165, 1.54) is 10.9 Å². The Kier molecular flexibility index (Phi) is 3.64. The number of hydrogen-bond acceptors (Lipinski definition) is 2. The Hall–Kier alpha value is -1.54. The molecule has 2 nitrogen and oxygen atoms in total. The Morgan fingerprint density at radius 1 is 1.41 bits per heavy atom. The Labute approximate surface area is 102 Å². The molecule has 0 aliphatic rings. The predicted molar refractivity (Wildman–Crippen MR) is 72.2 cm³/mol. The normalized spacial score (nSPS) is 12.8. The van der Waals surface area contributed by atoms with Gasteiger partial charge in [0.25, 0.3) is 0 Å². The molecule has 2 rings (SSSR count). The summed E-state index contributed by atoms with van der Waals surface area (Å²) < 4.78 is 5.88. The van der Waals surface area contributed by atoms with E-state index in [-0.39, 0.29) is 6.04 Å². The minimum atomic E-state index is 0.265. The standard InChI is InChI=1S/C15H19NO/c1-4-5-6-13(16-3)15-10-12-9-11(2)7-8-14(12)17-15/h4,7-10,13,16H,1,5-6H2,2-3H3. The molecule has 0 saturated carbocycles. The zero-order valence-electron chi connectivity index (χ0n) is 10.5. The first-order chi connectivity index (χ1) is 8.24. The first-order valence-electron chi connectivity index (χ1n) is 6.03. The quantitative estimate of drug-likeness (QED) is 0.785. The lowest BCUT2D eigenvalue weighted by Gasteiger charge is -2.11. The Balaban J connectivity index is 2.30. The van der Waals surface area contributed by atoms with E-state index in [9.17, 15) is 0 Å². The number of benzene rings is 1. The molecule has 0 bridgehead atoms. The fourth-order valence-corrected chi connectivity index (χ4v) is 2.07. The second kappa shape index (κ2) is 5.19. The van der Waals surface area contributed by atoms with Crippen LogP contribution in [0.2, 0.25) is 0 Å². The molecule has 1 N–H and O–H groups in total. The molecule has 2 aromatic rings. The highest BCUT2D eigenvalue weighted by Crippen LogP contribution is 2.27. The average Bonchev–Trinajstić information content (AvgIpc) is 2.72. The molecule has 1 aromatic heterocycles. The van der Waals surface area contributed by atoms with Gasteiger partial charge in [0, 0.05) is 5.39 Å². The smallest absolute Gasteiger partial charge is 0.134 e. The van der Waals surface area contributed by atoms with E-state index in [0.29, 0.717) is 0 Å². The molecule has 0 fully saturated rings. The van der Waals surface area contributed by atoms with E-state index in [1.807, 2.05) is 19.2 Å². The van der Waals surface area contributed by atoms with Gasteiger partial charge in [-0.05, 0) is 45.0 Å². The van der Waals surface area contributed by atoms with Crippen LogP contribution < -0.4 is 5.32 Å². The van der Waals surface area contributed by atoms with Crippen molar-refractivity contribution in [3.63, 3.8) is 0 Å². The number of allylic oxidation sites excluding steroid dienone is 1. The molecule has 0 spiro atoms. The van der Waals surface area contributed by atoms with Crippen LogP contribution in [0.5, 0.6) is 0 Å². The van der Waals surface area contributed by atoms with Gasteiger partial charge in [-0.25, -0.2) is 0 Å². The van der Waals surface area contributed by atoms with Gasteiger partial charge in [0.05, 0.1) is 6.04 Å². The molecule has 1 heterocycles. The molecule has 90 valence electrons. The fraction of sp³-hybridized carbons (Fsp3) is 0.333. The third kappa shape index (κ3) is 2.59. The number of furan rings is 1. The molecule has 0 saturated heterocycles. The molecular weight excluding hydrogens is 210 g/mol. The van der Waals surface area contributed by atoms with Gasteiger partial charge in [0.1, 0.15) is 11.3 Å². The van der Waals surface area contributed by atoms with Gasteiger partial charge < -0.3 is 9.73 Å². The van der Waals surface area contributed by atoms with Gasteiger partial charge in [0.2, 0.25) is 0 Å². The maximum atomic E-state index is 5.88. The van der Waals surface area contributed by atoms with Crippen LogP contribution in [0.4, 0.5) is 0 Å². The number of hydrogen-bond donors (Lipinski definition) is 1. The highest BCUT2D eigenvalue weighted by atomic mass is 16.3. The SMILES string of the molecule is C=CCCC(NC)c1cc2cc(C)ccc2o1. The van der Waals surface area contributed by atoms with Crippen LogP contribution in [0.15, 0.2) is 41.3 Å². The lowest BCUT2D eigenvalue weighted by Crippen LogP contribution is -2.15. The summed E-state index contributed by atoms with van der Waals surface area (Å²) in [6, 6.07) is 8.66. The number of fused-ring (bicyclic) bond motifs is 1. The summed E-state index contributed by atoms with van der Waals surface area (Å²) in [5.41, 5.74) is 2.22. The Morgan fingerprint density at radius 3 is 2.94 bits per heavy atom. The topological polar surface area (TPSA) is 25.2 Å². The zero-order valence-corrected chi connectivity index (χ0v) is 10.5. The lowest BCUT2D eigenvalue weighted by atomic mass is 10.1. The van der Waals surface area contributed by atoms with Crippen molar-refractivity contribution in [3.8, 4) is 0 Å². The summed E-state index contributed by atoms with van der Waals surface area (Å²) in [4.78, 5) is 0. The summed E-state index contributed by atoms with van der Waals surface area (Å²) in [6.45, 7) is 5.85. The van der Waals surface area contributed by atoms with Crippen molar-refractivity contribution in [2.45, 2.75) is 25.8 Å². The van der Waals surface area contributed by atoms with Crippen LogP contribution in [-0.4, -0.2) is 7.05 Å². The van der Waals surface area contributed by atoms with Crippen LogP contribution in [0.1, 0.15) is 30.2 Å². The van der Waals surface area contributed by atoms with Crippen molar-refractivity contribution < 1.29 is 4.42 Å². The molecule has 17 heavy (non-hydrogen) atoms. The van der Waals surface area contributed by atoms with E-state index >= 15 is 0 Å². The molecule has 0 aliphatic heterocycles. The van der Waals surface area contributed by atoms with E-state index in [4.69, 9.17) is 4.42 Å². The van der Waals surface area contributed by atoms with Crippen LogP contribution in [-0.2, 0) is 0 Å². The average molecular weight is 229 g/mol. The fourth-order valence-electron chi connectivity index (χ4n) is 2.07. The second-order valence-corrected chi connectivity index (χ2v) is 4.40. The minimum Gasteiger partial charge on any atom is -0.459 e. The molecule has 0 aliphatic carbocycles. The van der Waals surface area contributed by atoms with Crippen LogP contribution in [0.25, 0.3) is 11.0 Å². The third-order valence-corrected chi connectivity index (χ3v) is 3.04. The lowest BCUT2D eigenvalue weighted by molar-refractivity contribution is 0.435. The maximum absolute atomic E-state index is 5.88. The zero-order chi connectivity index (χ0) is 12.3.